The number of rotatable bonds is 5. The summed E-state index contributed by atoms with van der Waals surface area (Å²) in [6.45, 7) is 2.36. The minimum Gasteiger partial charge on any atom is -0.406 e. The number of halogens is 3. The molecule has 1 aliphatic rings. The van der Waals surface area contributed by atoms with Crippen LogP contribution in [0, 0.1) is 0 Å². The zero-order valence-electron chi connectivity index (χ0n) is 16.0. The van der Waals surface area contributed by atoms with E-state index in [0.29, 0.717) is 29.1 Å². The highest BCUT2D eigenvalue weighted by Gasteiger charge is 2.31. The molecule has 0 unspecified atom stereocenters. The van der Waals surface area contributed by atoms with E-state index < -0.39 is 12.4 Å². The smallest absolute Gasteiger partial charge is 0.406 e. The topological polar surface area (TPSA) is 84.7 Å². The summed E-state index contributed by atoms with van der Waals surface area (Å²) in [6, 6.07) is 9.60. The third kappa shape index (κ3) is 5.25. The normalized spacial score (nSPS) is 16.6. The Morgan fingerprint density at radius 2 is 1.97 bits per heavy atom. The Labute approximate surface area is 175 Å². The van der Waals surface area contributed by atoms with E-state index in [0.717, 1.165) is 4.90 Å². The van der Waals surface area contributed by atoms with Crippen LogP contribution < -0.4 is 20.7 Å². The number of nitrogens with one attached hydrogen (secondary N) is 1. The van der Waals surface area contributed by atoms with Crippen LogP contribution in [0.25, 0.3) is 0 Å². The molecule has 3 rings (SSSR count). The van der Waals surface area contributed by atoms with Crippen LogP contribution >= 0.6 is 11.8 Å². The van der Waals surface area contributed by atoms with Gasteiger partial charge in [-0.3, -0.25) is 9.59 Å². The van der Waals surface area contributed by atoms with E-state index >= 15 is 0 Å². The van der Waals surface area contributed by atoms with Crippen molar-refractivity contribution in [3.63, 3.8) is 0 Å². The third-order valence-corrected chi connectivity index (χ3v) is 5.53. The minimum absolute atomic E-state index is 0.0885. The Morgan fingerprint density at radius 3 is 2.60 bits per heavy atom. The second kappa shape index (κ2) is 8.97. The van der Waals surface area contributed by atoms with Gasteiger partial charge in [-0.15, -0.1) is 24.9 Å². The Balaban J connectivity index is 1.91. The molecule has 10 heteroatoms. The predicted molar refractivity (Wildman–Crippen MR) is 107 cm³/mol. The first-order valence-corrected chi connectivity index (χ1v) is 10.1. The first kappa shape index (κ1) is 22.0. The van der Waals surface area contributed by atoms with Crippen LogP contribution in [-0.2, 0) is 11.3 Å². The summed E-state index contributed by atoms with van der Waals surface area (Å²) < 4.78 is 40.9. The summed E-state index contributed by atoms with van der Waals surface area (Å²) in [6.07, 6.45) is -4.78. The quantitative estimate of drug-likeness (QED) is 0.747. The lowest BCUT2D eigenvalue weighted by atomic mass is 10.1. The van der Waals surface area contributed by atoms with Crippen molar-refractivity contribution in [3.05, 3.63) is 53.6 Å². The summed E-state index contributed by atoms with van der Waals surface area (Å²) in [5, 5.41) is 2.71. The highest BCUT2D eigenvalue weighted by molar-refractivity contribution is 7.99. The molecule has 0 bridgehead atoms. The van der Waals surface area contributed by atoms with E-state index in [9.17, 15) is 22.8 Å². The Hall–Kier alpha value is -2.72. The van der Waals surface area contributed by atoms with E-state index in [-0.39, 0.29) is 24.1 Å². The molecule has 1 atom stereocenters. The Bertz CT molecular complexity index is 935. The van der Waals surface area contributed by atoms with Crippen molar-refractivity contribution in [1.29, 1.82) is 0 Å². The number of hydrogen-bond acceptors (Lipinski definition) is 5. The number of nitrogens with two attached hydrogens (primary N) is 1. The van der Waals surface area contributed by atoms with Crippen LogP contribution in [0.4, 0.5) is 18.9 Å². The second-order valence-corrected chi connectivity index (χ2v) is 7.64. The van der Waals surface area contributed by atoms with Gasteiger partial charge in [-0.2, -0.15) is 0 Å². The molecule has 0 spiro atoms. The fourth-order valence-electron chi connectivity index (χ4n) is 2.97. The van der Waals surface area contributed by atoms with Gasteiger partial charge in [-0.05, 0) is 42.8 Å². The Morgan fingerprint density at radius 1 is 1.27 bits per heavy atom. The number of fused-ring (bicyclic) bond motifs is 1. The number of carbonyl (C=O) groups is 2. The molecule has 30 heavy (non-hydrogen) atoms. The zero-order chi connectivity index (χ0) is 21.9. The number of hydrogen-bond donors (Lipinski definition) is 2. The summed E-state index contributed by atoms with van der Waals surface area (Å²) in [5.41, 5.74) is 7.53. The number of benzene rings is 2. The van der Waals surface area contributed by atoms with Crippen molar-refractivity contribution in [2.45, 2.75) is 30.8 Å². The number of alkyl halides is 3. The van der Waals surface area contributed by atoms with Gasteiger partial charge in [0.25, 0.3) is 5.91 Å². The molecule has 1 aliphatic heterocycles. The van der Waals surface area contributed by atoms with Crippen molar-refractivity contribution < 1.29 is 27.5 Å². The van der Waals surface area contributed by atoms with E-state index in [4.69, 9.17) is 5.73 Å². The van der Waals surface area contributed by atoms with Crippen LogP contribution in [-0.4, -0.2) is 36.5 Å². The second-order valence-electron chi connectivity index (χ2n) is 6.58. The van der Waals surface area contributed by atoms with Crippen LogP contribution in [0.2, 0.25) is 0 Å². The molecule has 2 aromatic carbocycles. The summed E-state index contributed by atoms with van der Waals surface area (Å²) in [7, 11) is 0. The molecule has 6 nitrogen and oxygen atoms in total. The maximum absolute atomic E-state index is 12.9. The van der Waals surface area contributed by atoms with E-state index in [1.165, 1.54) is 40.9 Å². The number of anilines is 1. The third-order valence-electron chi connectivity index (χ3n) is 4.35. The molecule has 0 aliphatic carbocycles. The number of nitrogens with zero attached hydrogens (tertiary/aromatic N) is 1. The summed E-state index contributed by atoms with van der Waals surface area (Å²) in [4.78, 5) is 27.4. The van der Waals surface area contributed by atoms with Gasteiger partial charge in [0.15, 0.2) is 0 Å². The van der Waals surface area contributed by atoms with Gasteiger partial charge in [0, 0.05) is 22.8 Å². The fraction of sp³-hybridized carbons (Fsp3) is 0.300. The standard InChI is InChI=1S/C20H20F3N3O3S/c1-2-25-18(27)13-5-8-17-16(9-13)26(19(28)15(24)11-30-17)10-12-3-6-14(7-4-12)29-20(21,22)23/h3-9,15H,2,10-11,24H2,1H3,(H,25,27)/t15-/m0/s1. The van der Waals surface area contributed by atoms with Crippen LogP contribution in [0.15, 0.2) is 47.4 Å². The molecule has 1 heterocycles. The average molecular weight is 439 g/mol. The fourth-order valence-corrected chi connectivity index (χ4v) is 3.95. The molecular formula is C20H20F3N3O3S. The van der Waals surface area contributed by atoms with Gasteiger partial charge in [0.1, 0.15) is 5.75 Å². The van der Waals surface area contributed by atoms with Crippen molar-refractivity contribution in [2.24, 2.45) is 5.73 Å². The minimum atomic E-state index is -4.78. The van der Waals surface area contributed by atoms with Crippen molar-refractivity contribution in [2.75, 3.05) is 17.2 Å². The van der Waals surface area contributed by atoms with Gasteiger partial charge in [-0.25, -0.2) is 0 Å². The molecule has 0 radical (unpaired) electrons. The molecule has 0 saturated carbocycles. The lowest BCUT2D eigenvalue weighted by Crippen LogP contribution is -2.44. The average Bonchev–Trinajstić information content (AvgIpc) is 2.80. The molecule has 2 aromatic rings. The van der Waals surface area contributed by atoms with Gasteiger partial charge in [0.2, 0.25) is 5.91 Å². The highest BCUT2D eigenvalue weighted by Crippen LogP contribution is 2.36. The van der Waals surface area contributed by atoms with Gasteiger partial charge >= 0.3 is 6.36 Å². The maximum Gasteiger partial charge on any atom is 0.573 e. The maximum atomic E-state index is 12.9. The molecule has 2 amide bonds. The number of ether oxygens (including phenoxy) is 1. The largest absolute Gasteiger partial charge is 0.573 e. The highest BCUT2D eigenvalue weighted by atomic mass is 32.2. The molecule has 0 saturated heterocycles. The number of thioether (sulfide) groups is 1. The van der Waals surface area contributed by atoms with E-state index in [2.05, 4.69) is 10.1 Å². The van der Waals surface area contributed by atoms with Crippen LogP contribution in [0.5, 0.6) is 5.75 Å². The molecule has 160 valence electrons. The molecular weight excluding hydrogens is 419 g/mol. The molecule has 0 aromatic heterocycles. The molecule has 0 fully saturated rings. The van der Waals surface area contributed by atoms with Crippen molar-refractivity contribution in [3.8, 4) is 5.75 Å². The predicted octanol–water partition coefficient (Wildman–Crippen LogP) is 3.30. The van der Waals surface area contributed by atoms with Gasteiger partial charge in [0.05, 0.1) is 18.3 Å². The first-order chi connectivity index (χ1) is 14.2. The Kier molecular flexibility index (Phi) is 6.57. The van der Waals surface area contributed by atoms with Crippen LogP contribution in [0.1, 0.15) is 22.8 Å². The van der Waals surface area contributed by atoms with Crippen LogP contribution in [0.3, 0.4) is 0 Å². The van der Waals surface area contributed by atoms with E-state index in [1.807, 2.05) is 0 Å². The van der Waals surface area contributed by atoms with Crippen molar-refractivity contribution >= 4 is 29.3 Å². The lowest BCUT2D eigenvalue weighted by Gasteiger charge is -2.25. The number of carbonyl (C=O) groups excluding carboxylic acids is 2. The SMILES string of the molecule is CCNC(=O)c1ccc2c(c1)N(Cc1ccc(OC(F)(F)F)cc1)C(=O)[C@@H](N)CS2. The molecule has 3 N–H and O–H groups in total. The van der Waals surface area contributed by atoms with Crippen molar-refractivity contribution in [1.82, 2.24) is 5.32 Å². The monoisotopic (exact) mass is 439 g/mol. The zero-order valence-corrected chi connectivity index (χ0v) is 16.8. The summed E-state index contributed by atoms with van der Waals surface area (Å²) in [5.74, 6) is -0.564. The summed E-state index contributed by atoms with van der Waals surface area (Å²) >= 11 is 1.41. The van der Waals surface area contributed by atoms with Gasteiger partial charge in [-0.1, -0.05) is 12.1 Å². The van der Waals surface area contributed by atoms with E-state index in [1.54, 1.807) is 25.1 Å². The van der Waals surface area contributed by atoms with Gasteiger partial charge < -0.3 is 20.7 Å². The lowest BCUT2D eigenvalue weighted by molar-refractivity contribution is -0.274. The first-order valence-electron chi connectivity index (χ1n) is 9.14. The number of amides is 2.